The number of ketones is 1. The van der Waals surface area contributed by atoms with E-state index in [-0.39, 0.29) is 23.0 Å². The first-order valence-electron chi connectivity index (χ1n) is 6.37. The zero-order valence-electron chi connectivity index (χ0n) is 10.9. The SMILES string of the molecule is C[C@@H](N=CC1=C(O)CC(C)(C)CC1=O)C1CC1. The summed E-state index contributed by atoms with van der Waals surface area (Å²) < 4.78 is 0. The van der Waals surface area contributed by atoms with Gasteiger partial charge in [0.1, 0.15) is 5.76 Å². The maximum atomic E-state index is 11.9. The molecule has 1 saturated carbocycles. The van der Waals surface area contributed by atoms with Crippen LogP contribution >= 0.6 is 0 Å². The van der Waals surface area contributed by atoms with E-state index in [1.165, 1.54) is 12.8 Å². The molecule has 0 radical (unpaired) electrons. The number of nitrogens with zero attached hydrogens (tertiary/aromatic N) is 1. The normalized spacial score (nSPS) is 26.6. The molecule has 0 spiro atoms. The highest BCUT2D eigenvalue weighted by Crippen LogP contribution is 2.36. The van der Waals surface area contributed by atoms with Gasteiger partial charge in [0.25, 0.3) is 0 Å². The highest BCUT2D eigenvalue weighted by molar-refractivity contribution is 6.14. The summed E-state index contributed by atoms with van der Waals surface area (Å²) >= 11 is 0. The minimum Gasteiger partial charge on any atom is -0.511 e. The zero-order valence-corrected chi connectivity index (χ0v) is 10.9. The quantitative estimate of drug-likeness (QED) is 0.764. The number of aliphatic hydroxyl groups excluding tert-OH is 1. The van der Waals surface area contributed by atoms with Gasteiger partial charge in [0.05, 0.1) is 5.57 Å². The molecule has 1 N–H and O–H groups in total. The molecule has 3 heteroatoms. The third kappa shape index (κ3) is 2.96. The molecular formula is C14H21NO2. The third-order valence-corrected chi connectivity index (χ3v) is 3.64. The van der Waals surface area contributed by atoms with Crippen molar-refractivity contribution in [1.82, 2.24) is 0 Å². The van der Waals surface area contributed by atoms with Gasteiger partial charge in [0, 0.05) is 25.1 Å². The van der Waals surface area contributed by atoms with Gasteiger partial charge in [-0.2, -0.15) is 0 Å². The van der Waals surface area contributed by atoms with Gasteiger partial charge >= 0.3 is 0 Å². The first-order chi connectivity index (χ1) is 7.89. The van der Waals surface area contributed by atoms with Crippen LogP contribution in [0.4, 0.5) is 0 Å². The molecule has 1 fully saturated rings. The number of aliphatic imine (C=N–C) groups is 1. The van der Waals surface area contributed by atoms with Crippen LogP contribution in [-0.2, 0) is 4.79 Å². The topological polar surface area (TPSA) is 49.7 Å². The van der Waals surface area contributed by atoms with Crippen molar-refractivity contribution in [3.8, 4) is 0 Å². The molecule has 1 atom stereocenters. The first kappa shape index (κ1) is 12.3. The molecule has 3 nitrogen and oxygen atoms in total. The van der Waals surface area contributed by atoms with Gasteiger partial charge in [0.2, 0.25) is 0 Å². The van der Waals surface area contributed by atoms with E-state index in [9.17, 15) is 9.90 Å². The summed E-state index contributed by atoms with van der Waals surface area (Å²) in [4.78, 5) is 16.3. The Morgan fingerprint density at radius 2 is 2.06 bits per heavy atom. The van der Waals surface area contributed by atoms with Gasteiger partial charge < -0.3 is 5.11 Å². The molecule has 0 aliphatic heterocycles. The van der Waals surface area contributed by atoms with Gasteiger partial charge in [-0.3, -0.25) is 9.79 Å². The molecular weight excluding hydrogens is 214 g/mol. The van der Waals surface area contributed by atoms with Crippen LogP contribution in [0, 0.1) is 11.3 Å². The van der Waals surface area contributed by atoms with Gasteiger partial charge in [0.15, 0.2) is 5.78 Å². The van der Waals surface area contributed by atoms with E-state index in [0.29, 0.717) is 24.3 Å². The summed E-state index contributed by atoms with van der Waals surface area (Å²) in [6, 6.07) is 0.276. The van der Waals surface area contributed by atoms with E-state index in [2.05, 4.69) is 11.9 Å². The van der Waals surface area contributed by atoms with Gasteiger partial charge in [-0.25, -0.2) is 0 Å². The lowest BCUT2D eigenvalue weighted by atomic mass is 9.77. The Bertz CT molecular complexity index is 389. The molecule has 0 bridgehead atoms. The van der Waals surface area contributed by atoms with E-state index in [4.69, 9.17) is 0 Å². The van der Waals surface area contributed by atoms with Crippen molar-refractivity contribution in [3.05, 3.63) is 11.3 Å². The summed E-state index contributed by atoms with van der Waals surface area (Å²) in [6.07, 6.45) is 5.14. The standard InChI is InChI=1S/C14H21NO2/c1-9(10-4-5-10)15-8-11-12(16)6-14(2,3)7-13(11)17/h8-10,16H,4-7H2,1-3H3/t9-/m1/s1. The van der Waals surface area contributed by atoms with Gasteiger partial charge in [-0.15, -0.1) is 0 Å². The number of hydrogen-bond donors (Lipinski definition) is 1. The average molecular weight is 235 g/mol. The maximum absolute atomic E-state index is 11.9. The van der Waals surface area contributed by atoms with Crippen molar-refractivity contribution in [2.75, 3.05) is 0 Å². The molecule has 17 heavy (non-hydrogen) atoms. The fourth-order valence-electron chi connectivity index (χ4n) is 2.34. The molecule has 0 aromatic heterocycles. The fraction of sp³-hybridized carbons (Fsp3) is 0.714. The Labute approximate surface area is 103 Å². The first-order valence-corrected chi connectivity index (χ1v) is 6.37. The predicted octanol–water partition coefficient (Wildman–Crippen LogP) is 3.06. The van der Waals surface area contributed by atoms with Crippen LogP contribution in [0.25, 0.3) is 0 Å². The van der Waals surface area contributed by atoms with Crippen LogP contribution < -0.4 is 0 Å². The lowest BCUT2D eigenvalue weighted by Gasteiger charge is -2.28. The number of carbonyl (C=O) groups is 1. The minimum absolute atomic E-state index is 0.0190. The third-order valence-electron chi connectivity index (χ3n) is 3.64. The molecule has 0 heterocycles. The number of carbonyl (C=O) groups excluding carboxylic acids is 1. The Hall–Kier alpha value is -1.12. The summed E-state index contributed by atoms with van der Waals surface area (Å²) in [5.74, 6) is 0.910. The van der Waals surface area contributed by atoms with Crippen molar-refractivity contribution in [3.63, 3.8) is 0 Å². The van der Waals surface area contributed by atoms with Crippen LogP contribution in [0.5, 0.6) is 0 Å². The van der Waals surface area contributed by atoms with Crippen molar-refractivity contribution >= 4 is 12.0 Å². The van der Waals surface area contributed by atoms with Crippen molar-refractivity contribution < 1.29 is 9.90 Å². The highest BCUT2D eigenvalue weighted by Gasteiger charge is 2.32. The summed E-state index contributed by atoms with van der Waals surface area (Å²) in [6.45, 7) is 6.08. The second kappa shape index (κ2) is 4.28. The number of rotatable bonds is 3. The van der Waals surface area contributed by atoms with E-state index < -0.39 is 0 Å². The minimum atomic E-state index is -0.124. The molecule has 94 valence electrons. The molecule has 2 aliphatic carbocycles. The number of aliphatic hydroxyl groups is 1. The highest BCUT2D eigenvalue weighted by atomic mass is 16.3. The van der Waals surface area contributed by atoms with E-state index in [1.807, 2.05) is 13.8 Å². The molecule has 0 aromatic carbocycles. The second-order valence-corrected chi connectivity index (χ2v) is 6.16. The average Bonchev–Trinajstić information content (AvgIpc) is 2.96. The summed E-state index contributed by atoms with van der Waals surface area (Å²) in [5.41, 5.74) is 0.303. The smallest absolute Gasteiger partial charge is 0.168 e. The maximum Gasteiger partial charge on any atom is 0.168 e. The summed E-state index contributed by atoms with van der Waals surface area (Å²) in [5, 5.41) is 9.91. The Balaban J connectivity index is 2.11. The molecule has 2 aliphatic rings. The lowest BCUT2D eigenvalue weighted by molar-refractivity contribution is -0.117. The zero-order chi connectivity index (χ0) is 12.6. The van der Waals surface area contributed by atoms with Crippen molar-refractivity contribution in [2.24, 2.45) is 16.3 Å². The van der Waals surface area contributed by atoms with Gasteiger partial charge in [-0.1, -0.05) is 13.8 Å². The molecule has 0 saturated heterocycles. The van der Waals surface area contributed by atoms with Crippen molar-refractivity contribution in [1.29, 1.82) is 0 Å². The van der Waals surface area contributed by atoms with Gasteiger partial charge in [-0.05, 0) is 31.1 Å². The lowest BCUT2D eigenvalue weighted by Crippen LogP contribution is -2.26. The van der Waals surface area contributed by atoms with Crippen LogP contribution in [0.3, 0.4) is 0 Å². The molecule has 0 aromatic rings. The largest absolute Gasteiger partial charge is 0.511 e. The van der Waals surface area contributed by atoms with Crippen molar-refractivity contribution in [2.45, 2.75) is 52.5 Å². The van der Waals surface area contributed by atoms with Crippen LogP contribution in [0.1, 0.15) is 46.5 Å². The number of Topliss-reactive ketones (excluding diaryl/α,β-unsaturated/α-hetero) is 1. The van der Waals surface area contributed by atoms with E-state index in [1.54, 1.807) is 6.21 Å². The molecule has 0 unspecified atom stereocenters. The summed E-state index contributed by atoms with van der Waals surface area (Å²) in [7, 11) is 0. The Kier molecular flexibility index (Phi) is 3.11. The number of hydrogen-bond acceptors (Lipinski definition) is 3. The second-order valence-electron chi connectivity index (χ2n) is 6.16. The number of allylic oxidation sites excluding steroid dienone is 2. The Morgan fingerprint density at radius 3 is 2.59 bits per heavy atom. The molecule has 0 amide bonds. The molecule has 2 rings (SSSR count). The van der Waals surface area contributed by atoms with Crippen LogP contribution in [0.15, 0.2) is 16.3 Å². The van der Waals surface area contributed by atoms with E-state index >= 15 is 0 Å². The van der Waals surface area contributed by atoms with Crippen LogP contribution in [0.2, 0.25) is 0 Å². The Morgan fingerprint density at radius 1 is 1.41 bits per heavy atom. The predicted molar refractivity (Wildman–Crippen MR) is 68.4 cm³/mol. The van der Waals surface area contributed by atoms with Crippen LogP contribution in [-0.4, -0.2) is 23.1 Å². The fourth-order valence-corrected chi connectivity index (χ4v) is 2.34. The van der Waals surface area contributed by atoms with E-state index in [0.717, 1.165) is 0 Å². The monoisotopic (exact) mass is 235 g/mol.